The van der Waals surface area contributed by atoms with Gasteiger partial charge >= 0.3 is 0 Å². The Bertz CT molecular complexity index is 562. The third-order valence-corrected chi connectivity index (χ3v) is 4.74. The molecule has 1 saturated heterocycles. The van der Waals surface area contributed by atoms with Crippen molar-refractivity contribution in [2.24, 2.45) is 17.9 Å². The number of hydrogen-bond donors (Lipinski definition) is 1. The van der Waals surface area contributed by atoms with Crippen LogP contribution in [0.25, 0.3) is 0 Å². The molecule has 2 bridgehead atoms. The summed E-state index contributed by atoms with van der Waals surface area (Å²) in [6.07, 6.45) is 5.05. The fraction of sp³-hybridized carbons (Fsp3) is 0.733. The van der Waals surface area contributed by atoms with Crippen LogP contribution < -0.4 is 5.73 Å². The van der Waals surface area contributed by atoms with Gasteiger partial charge < -0.3 is 10.6 Å². The molecule has 2 aliphatic rings. The SMILES string of the molecule is Cn1cc(N)c(C(=O)N2CC3(C)CC2CC(C)(C)C3)n1. The lowest BCUT2D eigenvalue weighted by molar-refractivity contribution is 0.0702. The molecule has 0 aromatic carbocycles. The smallest absolute Gasteiger partial charge is 0.276 e. The number of carbonyl (C=O) groups is 1. The molecule has 1 aromatic heterocycles. The van der Waals surface area contributed by atoms with Crippen LogP contribution in [-0.2, 0) is 7.05 Å². The highest BCUT2D eigenvalue weighted by molar-refractivity contribution is 5.97. The van der Waals surface area contributed by atoms with E-state index >= 15 is 0 Å². The first-order chi connectivity index (χ1) is 9.19. The predicted molar refractivity (Wildman–Crippen MR) is 78.2 cm³/mol. The van der Waals surface area contributed by atoms with E-state index in [1.807, 2.05) is 4.90 Å². The second-order valence-corrected chi connectivity index (χ2v) is 7.75. The van der Waals surface area contributed by atoms with E-state index in [1.165, 1.54) is 6.42 Å². The summed E-state index contributed by atoms with van der Waals surface area (Å²) < 4.78 is 1.61. The highest BCUT2D eigenvalue weighted by Gasteiger charge is 2.51. The van der Waals surface area contributed by atoms with Crippen molar-refractivity contribution >= 4 is 11.6 Å². The van der Waals surface area contributed by atoms with Gasteiger partial charge in [-0.3, -0.25) is 9.48 Å². The fourth-order valence-corrected chi connectivity index (χ4v) is 4.51. The third-order valence-electron chi connectivity index (χ3n) is 4.74. The minimum atomic E-state index is -0.00507. The molecule has 1 saturated carbocycles. The quantitative estimate of drug-likeness (QED) is 0.853. The van der Waals surface area contributed by atoms with Crippen LogP contribution in [0.2, 0.25) is 0 Å². The van der Waals surface area contributed by atoms with E-state index in [2.05, 4.69) is 25.9 Å². The first kappa shape index (κ1) is 13.5. The number of rotatable bonds is 1. The van der Waals surface area contributed by atoms with Gasteiger partial charge in [0, 0.05) is 25.8 Å². The Hall–Kier alpha value is -1.52. The second kappa shape index (κ2) is 3.99. The van der Waals surface area contributed by atoms with Gasteiger partial charge in [-0.25, -0.2) is 0 Å². The van der Waals surface area contributed by atoms with Gasteiger partial charge in [0.2, 0.25) is 0 Å². The maximum Gasteiger partial charge on any atom is 0.276 e. The van der Waals surface area contributed by atoms with Crippen LogP contribution in [0.3, 0.4) is 0 Å². The molecule has 2 heterocycles. The van der Waals surface area contributed by atoms with Crippen molar-refractivity contribution in [2.75, 3.05) is 12.3 Å². The Morgan fingerprint density at radius 2 is 2.10 bits per heavy atom. The van der Waals surface area contributed by atoms with Crippen molar-refractivity contribution in [3.05, 3.63) is 11.9 Å². The van der Waals surface area contributed by atoms with Gasteiger partial charge in [-0.1, -0.05) is 20.8 Å². The van der Waals surface area contributed by atoms with Crippen molar-refractivity contribution in [1.29, 1.82) is 0 Å². The molecule has 3 rings (SSSR count). The minimum Gasteiger partial charge on any atom is -0.396 e. The van der Waals surface area contributed by atoms with Gasteiger partial charge in [-0.2, -0.15) is 5.10 Å². The summed E-state index contributed by atoms with van der Waals surface area (Å²) in [5, 5.41) is 4.23. The Balaban J connectivity index is 1.89. The highest BCUT2D eigenvalue weighted by atomic mass is 16.2. The summed E-state index contributed by atoms with van der Waals surface area (Å²) >= 11 is 0. The first-order valence-electron chi connectivity index (χ1n) is 7.29. The predicted octanol–water partition coefficient (Wildman–Crippen LogP) is 2.04. The van der Waals surface area contributed by atoms with Gasteiger partial charge in [0.1, 0.15) is 0 Å². The summed E-state index contributed by atoms with van der Waals surface area (Å²) in [6.45, 7) is 7.74. The molecule has 0 radical (unpaired) electrons. The number of nitrogens with two attached hydrogens (primary N) is 1. The Morgan fingerprint density at radius 3 is 2.70 bits per heavy atom. The molecular weight excluding hydrogens is 252 g/mol. The zero-order valence-corrected chi connectivity index (χ0v) is 12.8. The first-order valence-corrected chi connectivity index (χ1v) is 7.29. The van der Waals surface area contributed by atoms with E-state index in [4.69, 9.17) is 5.73 Å². The van der Waals surface area contributed by atoms with Crippen molar-refractivity contribution in [3.8, 4) is 0 Å². The number of aromatic nitrogens is 2. The topological polar surface area (TPSA) is 64.2 Å². The maximum absolute atomic E-state index is 12.7. The highest BCUT2D eigenvalue weighted by Crippen LogP contribution is 2.52. The van der Waals surface area contributed by atoms with Crippen LogP contribution in [0.5, 0.6) is 0 Å². The molecule has 2 N–H and O–H groups in total. The van der Waals surface area contributed by atoms with E-state index in [0.717, 1.165) is 19.4 Å². The van der Waals surface area contributed by atoms with Gasteiger partial charge in [-0.15, -0.1) is 0 Å². The average Bonchev–Trinajstić information content (AvgIpc) is 2.73. The zero-order chi connectivity index (χ0) is 14.7. The van der Waals surface area contributed by atoms with Crippen molar-refractivity contribution in [2.45, 2.75) is 46.1 Å². The average molecular weight is 276 g/mol. The monoisotopic (exact) mass is 276 g/mol. The standard InChI is InChI=1S/C15H24N4O/c1-14(2)5-10-6-15(3,8-14)9-19(10)13(20)12-11(16)7-18(4)17-12/h7,10H,5-6,8-9,16H2,1-4H3. The molecule has 1 aliphatic heterocycles. The fourth-order valence-electron chi connectivity index (χ4n) is 4.51. The number of amides is 1. The van der Waals surface area contributed by atoms with E-state index < -0.39 is 0 Å². The van der Waals surface area contributed by atoms with Crippen LogP contribution in [0, 0.1) is 10.8 Å². The number of nitrogen functional groups attached to an aromatic ring is 1. The largest absolute Gasteiger partial charge is 0.396 e. The van der Waals surface area contributed by atoms with Crippen LogP contribution in [-0.4, -0.2) is 33.2 Å². The summed E-state index contributed by atoms with van der Waals surface area (Å²) in [4.78, 5) is 14.8. The molecule has 110 valence electrons. The van der Waals surface area contributed by atoms with E-state index in [9.17, 15) is 4.79 Å². The van der Waals surface area contributed by atoms with Crippen molar-refractivity contribution in [1.82, 2.24) is 14.7 Å². The number of anilines is 1. The number of fused-ring (bicyclic) bond motifs is 2. The van der Waals surface area contributed by atoms with Crippen LogP contribution in [0.4, 0.5) is 5.69 Å². The van der Waals surface area contributed by atoms with Crippen molar-refractivity contribution < 1.29 is 4.79 Å². The molecule has 1 amide bonds. The second-order valence-electron chi connectivity index (χ2n) is 7.75. The number of aryl methyl sites for hydroxylation is 1. The molecule has 5 nitrogen and oxygen atoms in total. The van der Waals surface area contributed by atoms with Crippen LogP contribution in [0.1, 0.15) is 50.5 Å². The molecule has 5 heteroatoms. The summed E-state index contributed by atoms with van der Waals surface area (Å²) in [6, 6.07) is 0.331. The molecule has 2 unspecified atom stereocenters. The maximum atomic E-state index is 12.7. The number of carbonyl (C=O) groups excluding carboxylic acids is 1. The Labute approximate surface area is 120 Å². The van der Waals surface area contributed by atoms with E-state index in [0.29, 0.717) is 22.8 Å². The van der Waals surface area contributed by atoms with E-state index in [-0.39, 0.29) is 11.3 Å². The van der Waals surface area contributed by atoms with Crippen LogP contribution in [0.15, 0.2) is 6.20 Å². The molecule has 20 heavy (non-hydrogen) atoms. The molecule has 0 spiro atoms. The van der Waals surface area contributed by atoms with E-state index in [1.54, 1.807) is 17.9 Å². The summed E-state index contributed by atoms with van der Waals surface area (Å²) in [7, 11) is 1.79. The number of likely N-dealkylation sites (tertiary alicyclic amines) is 1. The number of nitrogens with zero attached hydrogens (tertiary/aromatic N) is 3. The number of hydrogen-bond acceptors (Lipinski definition) is 3. The lowest BCUT2D eigenvalue weighted by Gasteiger charge is -2.39. The normalized spacial score (nSPS) is 31.6. The lowest BCUT2D eigenvalue weighted by atomic mass is 9.65. The van der Waals surface area contributed by atoms with Gasteiger partial charge in [-0.05, 0) is 30.1 Å². The van der Waals surface area contributed by atoms with Gasteiger partial charge in [0.05, 0.1) is 5.69 Å². The Kier molecular flexibility index (Phi) is 2.69. The minimum absolute atomic E-state index is 0.00507. The van der Waals surface area contributed by atoms with Crippen molar-refractivity contribution in [3.63, 3.8) is 0 Å². The molecular formula is C15H24N4O. The molecule has 2 atom stereocenters. The zero-order valence-electron chi connectivity index (χ0n) is 12.8. The van der Waals surface area contributed by atoms with Crippen LogP contribution >= 0.6 is 0 Å². The third kappa shape index (κ3) is 2.09. The summed E-state index contributed by atoms with van der Waals surface area (Å²) in [5.41, 5.74) is 7.33. The molecule has 1 aromatic rings. The Morgan fingerprint density at radius 1 is 1.40 bits per heavy atom. The lowest BCUT2D eigenvalue weighted by Crippen LogP contribution is -2.38. The molecule has 2 fully saturated rings. The molecule has 1 aliphatic carbocycles. The summed E-state index contributed by atoms with van der Waals surface area (Å²) in [5.74, 6) is -0.00507. The van der Waals surface area contributed by atoms with Gasteiger partial charge in [0.15, 0.2) is 5.69 Å². The van der Waals surface area contributed by atoms with Gasteiger partial charge in [0.25, 0.3) is 5.91 Å².